The molecule has 0 saturated heterocycles. The Kier molecular flexibility index (Phi) is 3.92. The van der Waals surface area contributed by atoms with Crippen molar-refractivity contribution in [3.05, 3.63) is 21.9 Å². The molecule has 0 radical (unpaired) electrons. The van der Waals surface area contributed by atoms with Crippen molar-refractivity contribution in [1.82, 2.24) is 4.98 Å². The molecule has 3 nitrogen and oxygen atoms in total. The van der Waals surface area contributed by atoms with Crippen LogP contribution in [-0.4, -0.2) is 29.8 Å². The van der Waals surface area contributed by atoms with Gasteiger partial charge in [-0.3, -0.25) is 0 Å². The Morgan fingerprint density at radius 3 is 2.92 bits per heavy atom. The second kappa shape index (κ2) is 4.76. The van der Waals surface area contributed by atoms with Crippen molar-refractivity contribution in [1.29, 1.82) is 0 Å². The van der Waals surface area contributed by atoms with Gasteiger partial charge in [0.2, 0.25) is 0 Å². The number of likely N-dealkylation sites (N-methyl/N-ethyl adjacent to an activating group) is 1. The number of hydrogen-bond acceptors (Lipinski definition) is 3. The summed E-state index contributed by atoms with van der Waals surface area (Å²) >= 11 is 2.24. The predicted molar refractivity (Wildman–Crippen MR) is 61.9 cm³/mol. The molecule has 4 heteroatoms. The molecule has 0 fully saturated rings. The molecule has 0 bridgehead atoms. The molecular formula is C9H13IN2O. The van der Waals surface area contributed by atoms with Gasteiger partial charge in [0.1, 0.15) is 5.82 Å². The van der Waals surface area contributed by atoms with E-state index < -0.39 is 0 Å². The molecule has 0 spiro atoms. The van der Waals surface area contributed by atoms with Crippen LogP contribution in [0.4, 0.5) is 5.82 Å². The van der Waals surface area contributed by atoms with E-state index in [0.717, 1.165) is 9.39 Å². The number of aliphatic hydroxyl groups excluding tert-OH is 1. The van der Waals surface area contributed by atoms with Gasteiger partial charge >= 0.3 is 0 Å². The first-order valence-electron chi connectivity index (χ1n) is 4.11. The Balaban J connectivity index is 2.76. The Morgan fingerprint density at radius 2 is 2.38 bits per heavy atom. The first-order valence-corrected chi connectivity index (χ1v) is 5.19. The minimum Gasteiger partial charge on any atom is -0.392 e. The summed E-state index contributed by atoms with van der Waals surface area (Å²) in [6.07, 6.45) is 1.43. The van der Waals surface area contributed by atoms with Gasteiger partial charge in [0.15, 0.2) is 0 Å². The molecule has 0 aliphatic heterocycles. The van der Waals surface area contributed by atoms with Crippen LogP contribution >= 0.6 is 22.6 Å². The molecule has 1 rings (SSSR count). The molecule has 0 aliphatic carbocycles. The molecule has 72 valence electrons. The summed E-state index contributed by atoms with van der Waals surface area (Å²) in [5.41, 5.74) is 0. The van der Waals surface area contributed by atoms with Crippen LogP contribution in [-0.2, 0) is 0 Å². The summed E-state index contributed by atoms with van der Waals surface area (Å²) in [5.74, 6) is 0.920. The van der Waals surface area contributed by atoms with Crippen molar-refractivity contribution in [3.63, 3.8) is 0 Å². The molecule has 0 aliphatic rings. The average molecular weight is 292 g/mol. The van der Waals surface area contributed by atoms with Crippen molar-refractivity contribution in [3.8, 4) is 0 Å². The van der Waals surface area contributed by atoms with E-state index in [0.29, 0.717) is 6.54 Å². The fraction of sp³-hybridized carbons (Fsp3) is 0.444. The highest BCUT2D eigenvalue weighted by molar-refractivity contribution is 14.1. The zero-order chi connectivity index (χ0) is 9.84. The maximum absolute atomic E-state index is 9.20. The number of rotatable bonds is 3. The van der Waals surface area contributed by atoms with E-state index in [-0.39, 0.29) is 6.10 Å². The number of nitrogens with zero attached hydrogens (tertiary/aromatic N) is 2. The fourth-order valence-electron chi connectivity index (χ4n) is 1.14. The third-order valence-corrected chi connectivity index (χ3v) is 2.48. The maximum atomic E-state index is 9.20. The van der Waals surface area contributed by atoms with Gasteiger partial charge < -0.3 is 10.0 Å². The first kappa shape index (κ1) is 10.7. The van der Waals surface area contributed by atoms with Crippen LogP contribution in [0.3, 0.4) is 0 Å². The third kappa shape index (κ3) is 3.11. The van der Waals surface area contributed by atoms with Crippen LogP contribution in [0.5, 0.6) is 0 Å². The number of aliphatic hydroxyl groups is 1. The van der Waals surface area contributed by atoms with Gasteiger partial charge in [0.25, 0.3) is 0 Å². The highest BCUT2D eigenvalue weighted by Gasteiger charge is 2.07. The summed E-state index contributed by atoms with van der Waals surface area (Å²) in [5, 5.41) is 9.20. The quantitative estimate of drug-likeness (QED) is 0.858. The van der Waals surface area contributed by atoms with Gasteiger partial charge in [-0.2, -0.15) is 0 Å². The minimum atomic E-state index is -0.331. The third-order valence-electron chi connectivity index (χ3n) is 1.64. The Labute approximate surface area is 91.9 Å². The minimum absolute atomic E-state index is 0.331. The highest BCUT2D eigenvalue weighted by Crippen LogP contribution is 2.17. The fourth-order valence-corrected chi connectivity index (χ4v) is 1.90. The van der Waals surface area contributed by atoms with E-state index in [9.17, 15) is 5.11 Å². The normalized spacial score (nSPS) is 12.6. The van der Waals surface area contributed by atoms with Gasteiger partial charge in [0.05, 0.1) is 9.67 Å². The molecule has 1 N–H and O–H groups in total. The molecule has 1 heterocycles. The highest BCUT2D eigenvalue weighted by atomic mass is 127. The zero-order valence-corrected chi connectivity index (χ0v) is 9.89. The van der Waals surface area contributed by atoms with E-state index in [1.54, 1.807) is 13.1 Å². The zero-order valence-electron chi connectivity index (χ0n) is 7.74. The van der Waals surface area contributed by atoms with Gasteiger partial charge in [-0.1, -0.05) is 0 Å². The molecule has 1 atom stereocenters. The second-order valence-corrected chi connectivity index (χ2v) is 4.20. The average Bonchev–Trinajstić information content (AvgIpc) is 2.03. The van der Waals surface area contributed by atoms with Gasteiger partial charge in [0, 0.05) is 19.8 Å². The molecule has 0 amide bonds. The van der Waals surface area contributed by atoms with Crippen LogP contribution in [0.15, 0.2) is 18.3 Å². The SMILES string of the molecule is CC(O)CN(C)c1ncccc1I. The van der Waals surface area contributed by atoms with Crippen LogP contribution in [0, 0.1) is 3.57 Å². The molecule has 13 heavy (non-hydrogen) atoms. The molecular weight excluding hydrogens is 279 g/mol. The van der Waals surface area contributed by atoms with E-state index in [2.05, 4.69) is 27.6 Å². The smallest absolute Gasteiger partial charge is 0.141 e. The Hall–Kier alpha value is -0.360. The Morgan fingerprint density at radius 1 is 1.69 bits per heavy atom. The lowest BCUT2D eigenvalue weighted by Gasteiger charge is -2.20. The number of halogens is 1. The van der Waals surface area contributed by atoms with Crippen LogP contribution in [0.1, 0.15) is 6.92 Å². The number of hydrogen-bond donors (Lipinski definition) is 1. The predicted octanol–water partition coefficient (Wildman–Crippen LogP) is 1.50. The van der Waals surface area contributed by atoms with Crippen LogP contribution < -0.4 is 4.90 Å². The Bertz CT molecular complexity index is 278. The first-order chi connectivity index (χ1) is 6.11. The monoisotopic (exact) mass is 292 g/mol. The molecule has 0 saturated carbocycles. The lowest BCUT2D eigenvalue weighted by Crippen LogP contribution is -2.28. The van der Waals surface area contributed by atoms with Gasteiger partial charge in [-0.25, -0.2) is 4.98 Å². The van der Waals surface area contributed by atoms with Crippen molar-refractivity contribution in [2.24, 2.45) is 0 Å². The van der Waals surface area contributed by atoms with Crippen molar-refractivity contribution in [2.75, 3.05) is 18.5 Å². The number of anilines is 1. The lowest BCUT2D eigenvalue weighted by molar-refractivity contribution is 0.201. The van der Waals surface area contributed by atoms with E-state index >= 15 is 0 Å². The summed E-state index contributed by atoms with van der Waals surface area (Å²) in [6, 6.07) is 3.91. The van der Waals surface area contributed by atoms with Crippen molar-refractivity contribution < 1.29 is 5.11 Å². The maximum Gasteiger partial charge on any atom is 0.141 e. The summed E-state index contributed by atoms with van der Waals surface area (Å²) in [4.78, 5) is 6.19. The van der Waals surface area contributed by atoms with Gasteiger partial charge in [-0.15, -0.1) is 0 Å². The van der Waals surface area contributed by atoms with Crippen LogP contribution in [0.2, 0.25) is 0 Å². The lowest BCUT2D eigenvalue weighted by atomic mass is 10.3. The molecule has 0 aromatic carbocycles. The topological polar surface area (TPSA) is 36.4 Å². The summed E-state index contributed by atoms with van der Waals surface area (Å²) < 4.78 is 1.10. The second-order valence-electron chi connectivity index (χ2n) is 3.04. The number of pyridine rings is 1. The van der Waals surface area contributed by atoms with Crippen molar-refractivity contribution in [2.45, 2.75) is 13.0 Å². The molecule has 1 aromatic heterocycles. The standard InChI is InChI=1S/C9H13IN2O/c1-7(13)6-12(2)9-8(10)4-3-5-11-9/h3-5,7,13H,6H2,1-2H3. The summed E-state index contributed by atoms with van der Waals surface area (Å²) in [6.45, 7) is 2.37. The van der Waals surface area contributed by atoms with E-state index in [1.165, 1.54) is 0 Å². The van der Waals surface area contributed by atoms with Gasteiger partial charge in [-0.05, 0) is 41.6 Å². The van der Waals surface area contributed by atoms with Crippen molar-refractivity contribution >= 4 is 28.4 Å². The number of aromatic nitrogens is 1. The van der Waals surface area contributed by atoms with Crippen LogP contribution in [0.25, 0.3) is 0 Å². The molecule has 1 aromatic rings. The molecule has 1 unspecified atom stereocenters. The largest absolute Gasteiger partial charge is 0.392 e. The van der Waals surface area contributed by atoms with E-state index in [4.69, 9.17) is 0 Å². The summed E-state index contributed by atoms with van der Waals surface area (Å²) in [7, 11) is 1.93. The van der Waals surface area contributed by atoms with E-state index in [1.807, 2.05) is 24.1 Å².